The third-order valence-corrected chi connectivity index (χ3v) is 2.39. The van der Waals surface area contributed by atoms with E-state index in [0.717, 1.165) is 0 Å². The zero-order valence-corrected chi connectivity index (χ0v) is 7.78. The van der Waals surface area contributed by atoms with Crippen molar-refractivity contribution in [3.8, 4) is 0 Å². The maximum absolute atomic E-state index is 5.64. The molecule has 0 aliphatic rings. The molecule has 0 fully saturated rings. The predicted molar refractivity (Wildman–Crippen MR) is 47.3 cm³/mol. The number of benzene rings is 1. The molecule has 0 N–H and O–H groups in total. The molecule has 0 nitrogen and oxygen atoms in total. The minimum absolute atomic E-state index is 0.358. The van der Waals surface area contributed by atoms with E-state index in [4.69, 9.17) is 47.4 Å². The van der Waals surface area contributed by atoms with Gasteiger partial charge in [-0.05, 0) is 12.1 Å². The summed E-state index contributed by atoms with van der Waals surface area (Å²) in [7, 11) is 0. The Kier molecular flexibility index (Phi) is 2.64. The fourth-order valence-electron chi connectivity index (χ4n) is 0.532. The molecule has 10 heavy (non-hydrogen) atoms. The summed E-state index contributed by atoms with van der Waals surface area (Å²) in [5.41, 5.74) is 0. The zero-order chi connectivity index (χ0) is 7.72. The monoisotopic (exact) mass is 211 g/mol. The number of halogens is 3. The second-order valence-corrected chi connectivity index (χ2v) is 3.36. The smallest absolute Gasteiger partial charge is 0.0779 e. The van der Waals surface area contributed by atoms with Gasteiger partial charge in [-0.25, -0.2) is 0 Å². The van der Waals surface area contributed by atoms with Crippen molar-refractivity contribution in [2.24, 2.45) is 0 Å². The van der Waals surface area contributed by atoms with Crippen LogP contribution in [0.1, 0.15) is 0 Å². The fourth-order valence-corrected chi connectivity index (χ4v) is 1.49. The van der Waals surface area contributed by atoms with E-state index in [1.165, 1.54) is 0 Å². The van der Waals surface area contributed by atoms with E-state index in [1.807, 2.05) is 0 Å². The van der Waals surface area contributed by atoms with Gasteiger partial charge in [0.15, 0.2) is 0 Å². The Hall–Kier alpha value is 0.310. The first-order valence-corrected chi connectivity index (χ1v) is 3.97. The maximum Gasteiger partial charge on any atom is 0.0779 e. The van der Waals surface area contributed by atoms with Crippen LogP contribution in [0, 0.1) is 0 Å². The molecule has 0 aliphatic heterocycles. The van der Waals surface area contributed by atoms with E-state index >= 15 is 0 Å². The van der Waals surface area contributed by atoms with Crippen molar-refractivity contribution in [1.82, 2.24) is 0 Å². The van der Waals surface area contributed by atoms with Crippen molar-refractivity contribution in [3.05, 3.63) is 27.2 Å². The minimum Gasteiger partial charge on any atom is -0.0826 e. The quantitative estimate of drug-likeness (QED) is 0.565. The number of hydrogen-bond acceptors (Lipinski definition) is 0. The van der Waals surface area contributed by atoms with Crippen LogP contribution in [0.4, 0.5) is 0 Å². The lowest BCUT2D eigenvalue weighted by atomic mass is 10.4. The van der Waals surface area contributed by atoms with E-state index in [2.05, 4.69) is 0 Å². The summed E-state index contributed by atoms with van der Waals surface area (Å²) in [4.78, 5) is 0.597. The highest BCUT2D eigenvalue weighted by Crippen LogP contribution is 2.31. The Morgan fingerprint density at radius 2 is 1.40 bits per heavy atom. The highest BCUT2D eigenvalue weighted by Gasteiger charge is 2.03. The van der Waals surface area contributed by atoms with Crippen LogP contribution in [0.5, 0.6) is 0 Å². The van der Waals surface area contributed by atoms with Crippen LogP contribution in [-0.4, -0.2) is 0 Å². The summed E-state index contributed by atoms with van der Waals surface area (Å²) in [6.07, 6.45) is 0. The Balaban J connectivity index is 3.31. The van der Waals surface area contributed by atoms with Gasteiger partial charge < -0.3 is 0 Å². The number of rotatable bonds is 0. The van der Waals surface area contributed by atoms with Gasteiger partial charge in [0.1, 0.15) is 0 Å². The van der Waals surface area contributed by atoms with E-state index < -0.39 is 0 Å². The Labute approximate surface area is 79.5 Å². The van der Waals surface area contributed by atoms with Crippen LogP contribution >= 0.6 is 47.4 Å². The Bertz CT molecular complexity index is 236. The molecule has 53 valence electrons. The van der Waals surface area contributed by atoms with Gasteiger partial charge in [-0.15, -0.1) is 0 Å². The predicted octanol–water partition coefficient (Wildman–Crippen LogP) is 4.20. The number of hydrogen-bond donors (Lipinski definition) is 0. The van der Waals surface area contributed by atoms with Crippen LogP contribution < -0.4 is 0 Å². The maximum atomic E-state index is 5.64. The first-order valence-electron chi connectivity index (χ1n) is 2.43. The van der Waals surface area contributed by atoms with Crippen LogP contribution in [0.15, 0.2) is 17.0 Å². The first kappa shape index (κ1) is 8.41. The van der Waals surface area contributed by atoms with E-state index in [9.17, 15) is 0 Å². The van der Waals surface area contributed by atoms with E-state index in [0.29, 0.717) is 20.0 Å². The molecule has 1 rings (SSSR count). The molecule has 4 heteroatoms. The van der Waals surface area contributed by atoms with Gasteiger partial charge in [0.25, 0.3) is 0 Å². The molecule has 0 spiro atoms. The lowest BCUT2D eigenvalue weighted by Crippen LogP contribution is -1.72. The van der Waals surface area contributed by atoms with Crippen LogP contribution in [-0.2, 0) is 0 Å². The van der Waals surface area contributed by atoms with Gasteiger partial charge in [-0.1, -0.05) is 47.4 Å². The normalized spacial score (nSPS) is 9.90. The van der Waals surface area contributed by atoms with Crippen LogP contribution in [0.2, 0.25) is 15.1 Å². The SMILES string of the molecule is [S]c1cc(Cl)c(Cl)c(Cl)c1. The second kappa shape index (κ2) is 3.14. The molecule has 0 bridgehead atoms. The van der Waals surface area contributed by atoms with Gasteiger partial charge in [0.2, 0.25) is 0 Å². The molecule has 0 saturated heterocycles. The summed E-state index contributed by atoms with van der Waals surface area (Å²) in [5.74, 6) is 0. The largest absolute Gasteiger partial charge is 0.0826 e. The van der Waals surface area contributed by atoms with Crippen molar-refractivity contribution < 1.29 is 0 Å². The van der Waals surface area contributed by atoms with Gasteiger partial charge in [0.05, 0.1) is 15.1 Å². The van der Waals surface area contributed by atoms with E-state index in [-0.39, 0.29) is 0 Å². The average molecular weight is 213 g/mol. The van der Waals surface area contributed by atoms with Gasteiger partial charge >= 0.3 is 0 Å². The van der Waals surface area contributed by atoms with Crippen molar-refractivity contribution in [1.29, 1.82) is 0 Å². The van der Waals surface area contributed by atoms with Gasteiger partial charge in [-0.2, -0.15) is 0 Å². The lowest BCUT2D eigenvalue weighted by molar-refractivity contribution is 1.48. The highest BCUT2D eigenvalue weighted by atomic mass is 35.5. The molecule has 1 aromatic rings. The lowest BCUT2D eigenvalue weighted by Gasteiger charge is -1.97. The molecule has 0 unspecified atom stereocenters. The topological polar surface area (TPSA) is 0 Å². The standard InChI is InChI=1S/C6H2Cl3S/c7-4-1-3(10)2-5(8)6(4)9/h1-2H. The zero-order valence-electron chi connectivity index (χ0n) is 4.70. The minimum atomic E-state index is 0.358. The van der Waals surface area contributed by atoms with Crippen molar-refractivity contribution in [2.75, 3.05) is 0 Å². The molecule has 1 aromatic carbocycles. The summed E-state index contributed by atoms with van der Waals surface area (Å²) >= 11 is 21.7. The Morgan fingerprint density at radius 1 is 1.00 bits per heavy atom. The summed E-state index contributed by atoms with van der Waals surface area (Å²) in [6, 6.07) is 3.18. The molecular weight excluding hydrogens is 210 g/mol. The van der Waals surface area contributed by atoms with Crippen molar-refractivity contribution in [3.63, 3.8) is 0 Å². The summed E-state index contributed by atoms with van der Waals surface area (Å²) in [6.45, 7) is 0. The van der Waals surface area contributed by atoms with Crippen molar-refractivity contribution in [2.45, 2.75) is 4.90 Å². The average Bonchev–Trinajstić information content (AvgIpc) is 1.82. The fraction of sp³-hybridized carbons (Fsp3) is 0. The summed E-state index contributed by atoms with van der Waals surface area (Å²) < 4.78 is 0. The van der Waals surface area contributed by atoms with E-state index in [1.54, 1.807) is 12.1 Å². The molecule has 0 heterocycles. The third kappa shape index (κ3) is 1.67. The van der Waals surface area contributed by atoms with Crippen LogP contribution in [0.3, 0.4) is 0 Å². The Morgan fingerprint density at radius 3 is 1.80 bits per heavy atom. The first-order chi connectivity index (χ1) is 4.61. The van der Waals surface area contributed by atoms with Gasteiger partial charge in [-0.3, -0.25) is 0 Å². The second-order valence-electron chi connectivity index (χ2n) is 1.70. The highest BCUT2D eigenvalue weighted by molar-refractivity contribution is 7.80. The molecule has 0 amide bonds. The molecule has 0 aromatic heterocycles. The molecule has 0 aliphatic carbocycles. The third-order valence-electron chi connectivity index (χ3n) is 0.957. The summed E-state index contributed by atoms with van der Waals surface area (Å²) in [5, 5.41) is 1.16. The van der Waals surface area contributed by atoms with Gasteiger partial charge in [0, 0.05) is 4.90 Å². The molecule has 0 atom stereocenters. The molecule has 1 radical (unpaired) electrons. The molecular formula is C6H2Cl3S. The van der Waals surface area contributed by atoms with Crippen LogP contribution in [0.25, 0.3) is 0 Å². The molecule has 0 saturated carbocycles. The van der Waals surface area contributed by atoms with Crippen molar-refractivity contribution >= 4 is 47.4 Å².